The van der Waals surface area contributed by atoms with Gasteiger partial charge in [0, 0.05) is 24.3 Å². The number of aryl methyl sites for hydroxylation is 2. The van der Waals surface area contributed by atoms with Crippen LogP contribution in [0.3, 0.4) is 0 Å². The Bertz CT molecular complexity index is 817. The smallest absolute Gasteiger partial charge is 0.232 e. The predicted octanol–water partition coefficient (Wildman–Crippen LogP) is 3.67. The first-order chi connectivity index (χ1) is 12.5. The molecule has 5 nitrogen and oxygen atoms in total. The van der Waals surface area contributed by atoms with E-state index >= 15 is 0 Å². The van der Waals surface area contributed by atoms with Crippen LogP contribution in [-0.2, 0) is 9.59 Å². The molecule has 144 valence electrons. The molecule has 0 aromatic heterocycles. The van der Waals surface area contributed by atoms with Crippen molar-refractivity contribution in [3.05, 3.63) is 59.7 Å². The van der Waals surface area contributed by atoms with Crippen LogP contribution in [0.5, 0.6) is 0 Å². The molecule has 6 heteroatoms. The first kappa shape index (κ1) is 20.9. The lowest BCUT2D eigenvalue weighted by atomic mass is 9.82. The highest BCUT2D eigenvalue weighted by Gasteiger charge is 2.43. The zero-order chi connectivity index (χ0) is 18.6. The third-order valence-electron chi connectivity index (χ3n) is 5.04. The monoisotopic (exact) mass is 387 g/mol. The molecule has 0 radical (unpaired) electrons. The summed E-state index contributed by atoms with van der Waals surface area (Å²) in [6.45, 7) is 5.15. The van der Waals surface area contributed by atoms with Gasteiger partial charge in [-0.1, -0.05) is 36.4 Å². The minimum atomic E-state index is -0.727. The Morgan fingerprint density at radius 1 is 0.963 bits per heavy atom. The zero-order valence-corrected chi connectivity index (χ0v) is 16.5. The van der Waals surface area contributed by atoms with Crippen molar-refractivity contribution in [2.45, 2.75) is 26.7 Å². The van der Waals surface area contributed by atoms with Crippen LogP contribution in [0.1, 0.15) is 24.0 Å². The maximum absolute atomic E-state index is 13.0. The predicted molar refractivity (Wildman–Crippen MR) is 111 cm³/mol. The summed E-state index contributed by atoms with van der Waals surface area (Å²) in [6, 6.07) is 15.3. The van der Waals surface area contributed by atoms with Gasteiger partial charge in [0.2, 0.25) is 11.8 Å². The lowest BCUT2D eigenvalue weighted by Crippen LogP contribution is -2.41. The summed E-state index contributed by atoms with van der Waals surface area (Å²) in [5.41, 5.74) is 2.87. The molecular weight excluding hydrogens is 362 g/mol. The zero-order valence-electron chi connectivity index (χ0n) is 15.7. The van der Waals surface area contributed by atoms with E-state index in [1.807, 2.05) is 62.4 Å². The number of benzene rings is 2. The molecule has 0 bridgehead atoms. The van der Waals surface area contributed by atoms with Crippen LogP contribution >= 0.6 is 12.4 Å². The second-order valence-electron chi connectivity index (χ2n) is 7.02. The number of carbonyl (C=O) groups excluding carboxylic acids is 2. The van der Waals surface area contributed by atoms with E-state index in [2.05, 4.69) is 16.0 Å². The van der Waals surface area contributed by atoms with Gasteiger partial charge >= 0.3 is 0 Å². The van der Waals surface area contributed by atoms with Gasteiger partial charge in [-0.2, -0.15) is 0 Å². The quantitative estimate of drug-likeness (QED) is 0.733. The number of amides is 2. The Hall–Kier alpha value is -2.37. The van der Waals surface area contributed by atoms with Crippen LogP contribution in [0, 0.1) is 19.3 Å². The van der Waals surface area contributed by atoms with Gasteiger partial charge in [-0.05, 0) is 50.1 Å². The number of nitrogens with one attached hydrogen (secondary N) is 3. The average molecular weight is 388 g/mol. The second-order valence-corrected chi connectivity index (χ2v) is 7.02. The molecule has 1 aliphatic heterocycles. The summed E-state index contributed by atoms with van der Waals surface area (Å²) < 4.78 is 0. The number of halogens is 1. The summed E-state index contributed by atoms with van der Waals surface area (Å²) in [5, 5.41) is 9.19. The summed E-state index contributed by atoms with van der Waals surface area (Å²) in [4.78, 5) is 25.6. The van der Waals surface area contributed by atoms with Crippen molar-refractivity contribution >= 4 is 35.6 Å². The van der Waals surface area contributed by atoms with Crippen molar-refractivity contribution in [3.63, 3.8) is 0 Å². The van der Waals surface area contributed by atoms with Crippen LogP contribution in [0.25, 0.3) is 0 Å². The topological polar surface area (TPSA) is 70.2 Å². The van der Waals surface area contributed by atoms with Gasteiger partial charge in [0.15, 0.2) is 0 Å². The molecule has 0 spiro atoms. The van der Waals surface area contributed by atoms with Crippen LogP contribution in [0.15, 0.2) is 48.5 Å². The molecule has 1 unspecified atom stereocenters. The number of para-hydroxylation sites is 2. The fourth-order valence-corrected chi connectivity index (χ4v) is 3.35. The Balaban J connectivity index is 0.00000261. The summed E-state index contributed by atoms with van der Waals surface area (Å²) in [6.07, 6.45) is 0.804. The van der Waals surface area contributed by atoms with Gasteiger partial charge in [-0.15, -0.1) is 12.4 Å². The highest BCUT2D eigenvalue weighted by atomic mass is 35.5. The Morgan fingerprint density at radius 2 is 1.52 bits per heavy atom. The van der Waals surface area contributed by atoms with Crippen molar-refractivity contribution in [1.29, 1.82) is 0 Å². The lowest BCUT2D eigenvalue weighted by molar-refractivity contribution is -0.129. The SMILES string of the molecule is Cc1ccccc1NC(=O)CC1(C(=O)Nc2ccccc2C)CCNC1.Cl. The van der Waals surface area contributed by atoms with E-state index in [0.29, 0.717) is 13.0 Å². The molecule has 1 aliphatic rings. The van der Waals surface area contributed by atoms with Gasteiger partial charge in [0.1, 0.15) is 0 Å². The molecule has 3 N–H and O–H groups in total. The molecule has 1 fully saturated rings. The van der Waals surface area contributed by atoms with E-state index < -0.39 is 5.41 Å². The Kier molecular flexibility index (Phi) is 6.99. The van der Waals surface area contributed by atoms with Crippen LogP contribution in [0.2, 0.25) is 0 Å². The summed E-state index contributed by atoms with van der Waals surface area (Å²) >= 11 is 0. The number of carbonyl (C=O) groups is 2. The van der Waals surface area contributed by atoms with Crippen molar-refractivity contribution < 1.29 is 9.59 Å². The molecule has 1 saturated heterocycles. The molecular formula is C21H26ClN3O2. The van der Waals surface area contributed by atoms with Crippen molar-refractivity contribution in [2.24, 2.45) is 5.41 Å². The molecule has 0 saturated carbocycles. The molecule has 2 amide bonds. The number of hydrogen-bond acceptors (Lipinski definition) is 3. The normalized spacial score (nSPS) is 18.4. The molecule has 27 heavy (non-hydrogen) atoms. The van der Waals surface area contributed by atoms with Crippen molar-refractivity contribution in [1.82, 2.24) is 5.32 Å². The number of rotatable bonds is 5. The lowest BCUT2D eigenvalue weighted by Gasteiger charge is -2.27. The molecule has 3 rings (SSSR count). The summed E-state index contributed by atoms with van der Waals surface area (Å²) in [5.74, 6) is -0.236. The molecule has 1 heterocycles. The van der Waals surface area contributed by atoms with Gasteiger partial charge in [-0.25, -0.2) is 0 Å². The van der Waals surface area contributed by atoms with Gasteiger partial charge in [0.25, 0.3) is 0 Å². The number of anilines is 2. The van der Waals surface area contributed by atoms with Crippen LogP contribution < -0.4 is 16.0 Å². The second kappa shape index (κ2) is 9.02. The first-order valence-corrected chi connectivity index (χ1v) is 8.93. The Labute approximate surface area is 166 Å². The van der Waals surface area contributed by atoms with E-state index in [9.17, 15) is 9.59 Å². The maximum atomic E-state index is 13.0. The van der Waals surface area contributed by atoms with Gasteiger partial charge < -0.3 is 16.0 Å². The third kappa shape index (κ3) is 4.87. The van der Waals surface area contributed by atoms with Crippen LogP contribution in [0.4, 0.5) is 11.4 Å². The average Bonchev–Trinajstić information content (AvgIpc) is 3.08. The molecule has 1 atom stereocenters. The first-order valence-electron chi connectivity index (χ1n) is 8.93. The van der Waals surface area contributed by atoms with Crippen molar-refractivity contribution in [2.75, 3.05) is 23.7 Å². The standard InChI is InChI=1S/C21H25N3O2.ClH/c1-15-7-3-5-9-17(15)23-19(25)13-21(11-12-22-14-21)20(26)24-18-10-6-4-8-16(18)2;/h3-10,22H,11-14H2,1-2H3,(H,23,25)(H,24,26);1H. The third-order valence-corrected chi connectivity index (χ3v) is 5.04. The highest BCUT2D eigenvalue weighted by Crippen LogP contribution is 2.32. The van der Waals surface area contributed by atoms with E-state index in [-0.39, 0.29) is 30.6 Å². The fourth-order valence-electron chi connectivity index (χ4n) is 3.35. The summed E-state index contributed by atoms with van der Waals surface area (Å²) in [7, 11) is 0. The largest absolute Gasteiger partial charge is 0.326 e. The molecule has 0 aliphatic carbocycles. The van der Waals surface area contributed by atoms with Gasteiger partial charge in [-0.3, -0.25) is 9.59 Å². The van der Waals surface area contributed by atoms with E-state index in [1.165, 1.54) is 0 Å². The molecule has 2 aromatic carbocycles. The van der Waals surface area contributed by atoms with Crippen molar-refractivity contribution in [3.8, 4) is 0 Å². The number of hydrogen-bond donors (Lipinski definition) is 3. The fraction of sp³-hybridized carbons (Fsp3) is 0.333. The van der Waals surface area contributed by atoms with Gasteiger partial charge in [0.05, 0.1) is 5.41 Å². The molecule has 2 aromatic rings. The minimum absolute atomic E-state index is 0. The Morgan fingerprint density at radius 3 is 2.04 bits per heavy atom. The minimum Gasteiger partial charge on any atom is -0.326 e. The maximum Gasteiger partial charge on any atom is 0.232 e. The van der Waals surface area contributed by atoms with Crippen LogP contribution in [-0.4, -0.2) is 24.9 Å². The van der Waals surface area contributed by atoms with E-state index in [1.54, 1.807) is 0 Å². The van der Waals surface area contributed by atoms with E-state index in [4.69, 9.17) is 0 Å². The highest BCUT2D eigenvalue weighted by molar-refractivity contribution is 6.01. The van der Waals surface area contributed by atoms with E-state index in [0.717, 1.165) is 29.0 Å².